The average Bonchev–Trinajstić information content (AvgIpc) is 2.75. The Bertz CT molecular complexity index is 262. The number of aliphatic imine (C=N–C) groups is 1. The minimum atomic E-state index is -0.799. The molecule has 1 saturated heterocycles. The zero-order valence-electron chi connectivity index (χ0n) is 7.90. The van der Waals surface area contributed by atoms with E-state index in [0.717, 1.165) is 18.0 Å². The average molecular weight is 214 g/mol. The summed E-state index contributed by atoms with van der Waals surface area (Å²) in [5.41, 5.74) is 0. The summed E-state index contributed by atoms with van der Waals surface area (Å²) in [5.74, 6) is -0.191. The topological polar surface area (TPSA) is 61.7 Å². The van der Waals surface area contributed by atoms with E-state index in [0.29, 0.717) is 11.8 Å². The van der Waals surface area contributed by atoms with Gasteiger partial charge in [-0.2, -0.15) is 0 Å². The summed E-state index contributed by atoms with van der Waals surface area (Å²) in [4.78, 5) is 14.8. The smallest absolute Gasteiger partial charge is 0.329 e. The first-order valence-electron chi connectivity index (χ1n) is 4.91. The molecular weight excluding hydrogens is 200 g/mol. The number of carbonyl (C=O) groups is 1. The van der Waals surface area contributed by atoms with Crippen molar-refractivity contribution in [3.05, 3.63) is 0 Å². The van der Waals surface area contributed by atoms with Crippen LogP contribution < -0.4 is 5.32 Å². The van der Waals surface area contributed by atoms with Gasteiger partial charge >= 0.3 is 5.97 Å². The molecule has 2 heterocycles. The van der Waals surface area contributed by atoms with E-state index in [9.17, 15) is 4.79 Å². The van der Waals surface area contributed by atoms with Crippen molar-refractivity contribution in [3.63, 3.8) is 0 Å². The summed E-state index contributed by atoms with van der Waals surface area (Å²) in [6.45, 7) is 1.09. The van der Waals surface area contributed by atoms with Crippen molar-refractivity contribution in [2.75, 3.05) is 12.3 Å². The van der Waals surface area contributed by atoms with Crippen LogP contribution in [0.3, 0.4) is 0 Å². The molecule has 78 valence electrons. The third kappa shape index (κ3) is 2.27. The van der Waals surface area contributed by atoms with E-state index in [4.69, 9.17) is 5.11 Å². The highest BCUT2D eigenvalue weighted by molar-refractivity contribution is 8.14. The van der Waals surface area contributed by atoms with Gasteiger partial charge in [-0.25, -0.2) is 4.79 Å². The maximum absolute atomic E-state index is 10.6. The number of thioether (sulfide) groups is 1. The summed E-state index contributed by atoms with van der Waals surface area (Å²) in [6, 6.07) is 0.0187. The summed E-state index contributed by atoms with van der Waals surface area (Å²) >= 11 is 1.59. The van der Waals surface area contributed by atoms with E-state index in [1.54, 1.807) is 11.8 Å². The highest BCUT2D eigenvalue weighted by Gasteiger charge is 2.26. The Labute approximate surface area is 87.2 Å². The first kappa shape index (κ1) is 9.98. The van der Waals surface area contributed by atoms with Crippen LogP contribution in [0.25, 0.3) is 0 Å². The number of hydrogen-bond donors (Lipinski definition) is 2. The molecule has 2 aliphatic rings. The second-order valence-electron chi connectivity index (χ2n) is 3.69. The lowest BCUT2D eigenvalue weighted by Crippen LogP contribution is -2.23. The van der Waals surface area contributed by atoms with Crippen LogP contribution in [-0.2, 0) is 4.79 Å². The predicted molar refractivity (Wildman–Crippen MR) is 57.0 cm³/mol. The van der Waals surface area contributed by atoms with E-state index in [1.165, 1.54) is 12.8 Å². The van der Waals surface area contributed by atoms with Crippen LogP contribution in [0.4, 0.5) is 0 Å². The monoisotopic (exact) mass is 214 g/mol. The number of hydrogen-bond acceptors (Lipinski definition) is 4. The van der Waals surface area contributed by atoms with Crippen molar-refractivity contribution in [2.24, 2.45) is 4.99 Å². The number of aliphatic carboxylic acids is 1. The predicted octanol–water partition coefficient (Wildman–Crippen LogP) is 0.727. The normalized spacial score (nSPS) is 31.9. The Balaban J connectivity index is 1.86. The van der Waals surface area contributed by atoms with Gasteiger partial charge in [0, 0.05) is 18.2 Å². The molecule has 0 amide bonds. The maximum atomic E-state index is 10.6. The fourth-order valence-corrected chi connectivity index (χ4v) is 2.89. The zero-order valence-corrected chi connectivity index (χ0v) is 8.72. The zero-order chi connectivity index (χ0) is 9.97. The second-order valence-corrected chi connectivity index (χ2v) is 4.78. The Hall–Kier alpha value is -0.550. The van der Waals surface area contributed by atoms with E-state index in [1.807, 2.05) is 0 Å². The SMILES string of the molecule is O=C(O)C1CSC(CC2CCCN2)=N1. The largest absolute Gasteiger partial charge is 0.480 e. The molecule has 2 atom stereocenters. The minimum absolute atomic E-state index is 0.503. The van der Waals surface area contributed by atoms with E-state index in [2.05, 4.69) is 10.3 Å². The molecule has 14 heavy (non-hydrogen) atoms. The lowest BCUT2D eigenvalue weighted by Gasteiger charge is -2.08. The van der Waals surface area contributed by atoms with Gasteiger partial charge in [0.1, 0.15) is 0 Å². The number of rotatable bonds is 3. The quantitative estimate of drug-likeness (QED) is 0.727. The minimum Gasteiger partial charge on any atom is -0.480 e. The van der Waals surface area contributed by atoms with Crippen LogP contribution in [0.15, 0.2) is 4.99 Å². The molecular formula is C9H14N2O2S. The van der Waals surface area contributed by atoms with Crippen LogP contribution in [-0.4, -0.2) is 40.5 Å². The number of nitrogens with zero attached hydrogens (tertiary/aromatic N) is 1. The maximum Gasteiger partial charge on any atom is 0.329 e. The van der Waals surface area contributed by atoms with Crippen LogP contribution in [0.5, 0.6) is 0 Å². The van der Waals surface area contributed by atoms with Crippen molar-refractivity contribution in [3.8, 4) is 0 Å². The second kappa shape index (κ2) is 4.31. The molecule has 0 aromatic carbocycles. The van der Waals surface area contributed by atoms with Crippen LogP contribution in [0.2, 0.25) is 0 Å². The fourth-order valence-electron chi connectivity index (χ4n) is 1.80. The number of carboxylic acids is 1. The molecule has 2 unspecified atom stereocenters. The van der Waals surface area contributed by atoms with Gasteiger partial charge in [0.2, 0.25) is 0 Å². The van der Waals surface area contributed by atoms with Gasteiger partial charge in [-0.05, 0) is 19.4 Å². The fraction of sp³-hybridized carbons (Fsp3) is 0.778. The van der Waals surface area contributed by atoms with E-state index in [-0.39, 0.29) is 0 Å². The molecule has 4 nitrogen and oxygen atoms in total. The lowest BCUT2D eigenvalue weighted by atomic mass is 10.2. The molecule has 2 N–H and O–H groups in total. The summed E-state index contributed by atoms with van der Waals surface area (Å²) in [6.07, 6.45) is 3.33. The summed E-state index contributed by atoms with van der Waals surface area (Å²) in [5, 5.41) is 13.2. The Kier molecular flexibility index (Phi) is 3.08. The van der Waals surface area contributed by atoms with Crippen LogP contribution >= 0.6 is 11.8 Å². The Morgan fingerprint density at radius 1 is 1.71 bits per heavy atom. The summed E-state index contributed by atoms with van der Waals surface area (Å²) < 4.78 is 0. The van der Waals surface area contributed by atoms with Crippen molar-refractivity contribution in [1.82, 2.24) is 5.32 Å². The number of carboxylic acid groups (broad SMARTS) is 1. The molecule has 2 rings (SSSR count). The molecule has 0 bridgehead atoms. The first-order chi connectivity index (χ1) is 6.75. The van der Waals surface area contributed by atoms with Crippen LogP contribution in [0.1, 0.15) is 19.3 Å². The van der Waals surface area contributed by atoms with Gasteiger partial charge in [-0.3, -0.25) is 4.99 Å². The van der Waals surface area contributed by atoms with Gasteiger partial charge in [-0.15, -0.1) is 11.8 Å². The van der Waals surface area contributed by atoms with Gasteiger partial charge in [-0.1, -0.05) is 0 Å². The van der Waals surface area contributed by atoms with Gasteiger partial charge in [0.15, 0.2) is 6.04 Å². The molecule has 0 aliphatic carbocycles. The standard InChI is InChI=1S/C9H14N2O2S/c12-9(13)7-5-14-8(11-7)4-6-2-1-3-10-6/h6-7,10H,1-5H2,(H,12,13). The molecule has 5 heteroatoms. The highest BCUT2D eigenvalue weighted by atomic mass is 32.2. The van der Waals surface area contributed by atoms with E-state index < -0.39 is 12.0 Å². The van der Waals surface area contributed by atoms with Crippen molar-refractivity contribution in [2.45, 2.75) is 31.3 Å². The van der Waals surface area contributed by atoms with Crippen LogP contribution in [0, 0.1) is 0 Å². The molecule has 0 saturated carbocycles. The van der Waals surface area contributed by atoms with E-state index >= 15 is 0 Å². The van der Waals surface area contributed by atoms with Crippen molar-refractivity contribution >= 4 is 22.8 Å². The highest BCUT2D eigenvalue weighted by Crippen LogP contribution is 2.23. The van der Waals surface area contributed by atoms with Crippen molar-refractivity contribution < 1.29 is 9.90 Å². The van der Waals surface area contributed by atoms with Gasteiger partial charge in [0.25, 0.3) is 0 Å². The van der Waals surface area contributed by atoms with Gasteiger partial charge < -0.3 is 10.4 Å². The first-order valence-corrected chi connectivity index (χ1v) is 5.90. The number of nitrogens with one attached hydrogen (secondary N) is 1. The molecule has 1 fully saturated rings. The Morgan fingerprint density at radius 3 is 3.14 bits per heavy atom. The third-order valence-electron chi connectivity index (χ3n) is 2.58. The Morgan fingerprint density at radius 2 is 2.57 bits per heavy atom. The third-order valence-corrected chi connectivity index (χ3v) is 3.66. The summed E-state index contributed by atoms with van der Waals surface area (Å²) in [7, 11) is 0. The molecule has 0 aromatic heterocycles. The molecule has 2 aliphatic heterocycles. The molecule has 0 radical (unpaired) electrons. The van der Waals surface area contributed by atoms with Gasteiger partial charge in [0.05, 0.1) is 5.04 Å². The lowest BCUT2D eigenvalue weighted by molar-refractivity contribution is -0.137. The molecule has 0 aromatic rings. The molecule has 0 spiro atoms. The van der Waals surface area contributed by atoms with Crippen molar-refractivity contribution in [1.29, 1.82) is 0 Å².